The number of amides is 1. The Morgan fingerprint density at radius 2 is 1.78 bits per heavy atom. The van der Waals surface area contributed by atoms with Crippen LogP contribution in [0.2, 0.25) is 0 Å². The van der Waals surface area contributed by atoms with E-state index in [-0.39, 0.29) is 11.4 Å². The summed E-state index contributed by atoms with van der Waals surface area (Å²) in [5, 5.41) is 28.5. The zero-order valence-electron chi connectivity index (χ0n) is 19.5. The molecular formula is C26H20N6O5. The zero-order chi connectivity index (χ0) is 25.9. The van der Waals surface area contributed by atoms with E-state index in [0.717, 1.165) is 21.7 Å². The number of non-ortho nitro benzene ring substituents is 1. The number of carbonyl (C=O) groups is 1. The fourth-order valence-corrected chi connectivity index (χ4v) is 3.89. The molecule has 0 aliphatic heterocycles. The Labute approximate surface area is 210 Å². The highest BCUT2D eigenvalue weighted by atomic mass is 16.6. The van der Waals surface area contributed by atoms with Crippen molar-refractivity contribution in [2.45, 2.75) is 0 Å². The van der Waals surface area contributed by atoms with Gasteiger partial charge in [-0.15, -0.1) is 5.10 Å². The van der Waals surface area contributed by atoms with Crippen molar-refractivity contribution >= 4 is 40.4 Å². The number of rotatable bonds is 7. The summed E-state index contributed by atoms with van der Waals surface area (Å²) in [6.07, 6.45) is 0.580. The molecule has 0 aliphatic carbocycles. The van der Waals surface area contributed by atoms with E-state index in [9.17, 15) is 20.0 Å². The third-order valence-corrected chi connectivity index (χ3v) is 5.63. The number of nitrogens with zero attached hydrogens (tertiary/aromatic N) is 5. The van der Waals surface area contributed by atoms with E-state index < -0.39 is 11.0 Å². The van der Waals surface area contributed by atoms with Gasteiger partial charge in [0.2, 0.25) is 5.95 Å². The van der Waals surface area contributed by atoms with Crippen LogP contribution in [0.15, 0.2) is 91.1 Å². The second-order valence-electron chi connectivity index (χ2n) is 7.92. The molecule has 0 aliphatic rings. The topological polar surface area (TPSA) is 135 Å². The van der Waals surface area contributed by atoms with Crippen molar-refractivity contribution in [1.82, 2.24) is 14.6 Å². The number of anilines is 4. The van der Waals surface area contributed by atoms with Gasteiger partial charge in [-0.2, -0.15) is 4.98 Å². The number of pyridine rings is 1. The van der Waals surface area contributed by atoms with E-state index >= 15 is 0 Å². The molecule has 37 heavy (non-hydrogen) atoms. The van der Waals surface area contributed by atoms with Crippen molar-refractivity contribution in [1.29, 1.82) is 0 Å². The number of fused-ring (bicyclic) bond motifs is 1. The lowest BCUT2D eigenvalue weighted by atomic mass is 10.1. The fraction of sp³-hybridized carbons (Fsp3) is 0.0385. The summed E-state index contributed by atoms with van der Waals surface area (Å²) < 4.78 is 6.99. The van der Waals surface area contributed by atoms with Crippen molar-refractivity contribution < 1.29 is 19.6 Å². The number of benzene rings is 3. The van der Waals surface area contributed by atoms with Crippen LogP contribution in [0.5, 0.6) is 5.75 Å². The molecule has 5 rings (SSSR count). The smallest absolute Gasteiger partial charge is 0.416 e. The molecule has 0 radical (unpaired) electrons. The standard InChI is InChI=1S/C26H20N6O5/c1-37-23-8-3-2-7-22(23)27-25-28-24-14-9-18(16-30(24)29-25)17-5-4-6-21(15-17)31(26(33)34)19-10-12-20(13-11-19)32(35)36/h2-16H,1H3,(H,27,29)(H,33,34). The number of carboxylic acid groups (broad SMARTS) is 1. The predicted octanol–water partition coefficient (Wildman–Crippen LogP) is 5.87. The maximum absolute atomic E-state index is 12.1. The molecule has 0 saturated heterocycles. The lowest BCUT2D eigenvalue weighted by Crippen LogP contribution is -2.23. The SMILES string of the molecule is COc1ccccc1Nc1nc2ccc(-c3cccc(N(C(=O)O)c4ccc([N+](=O)[O-])cc4)c3)cn2n1. The third-order valence-electron chi connectivity index (χ3n) is 5.63. The largest absolute Gasteiger partial charge is 0.495 e. The molecule has 0 saturated carbocycles. The molecule has 0 bridgehead atoms. The third kappa shape index (κ3) is 4.73. The van der Waals surface area contributed by atoms with E-state index in [0.29, 0.717) is 23.0 Å². The zero-order valence-corrected chi connectivity index (χ0v) is 19.5. The van der Waals surface area contributed by atoms with Crippen LogP contribution in [0.4, 0.5) is 33.5 Å². The average Bonchev–Trinajstić information content (AvgIpc) is 3.31. The molecule has 11 heteroatoms. The number of nitro groups is 1. The highest BCUT2D eigenvalue weighted by molar-refractivity contribution is 5.95. The van der Waals surface area contributed by atoms with Gasteiger partial charge in [-0.05, 0) is 54.1 Å². The first kappa shape index (κ1) is 23.3. The number of nitro benzene ring substituents is 1. The minimum Gasteiger partial charge on any atom is -0.495 e. The quantitative estimate of drug-likeness (QED) is 0.211. The van der Waals surface area contributed by atoms with Crippen molar-refractivity contribution in [3.8, 4) is 16.9 Å². The van der Waals surface area contributed by atoms with Crippen molar-refractivity contribution in [2.75, 3.05) is 17.3 Å². The molecule has 3 aromatic carbocycles. The molecule has 2 aromatic heterocycles. The molecule has 5 aromatic rings. The van der Waals surface area contributed by atoms with E-state index in [4.69, 9.17) is 4.74 Å². The molecule has 184 valence electrons. The molecule has 2 heterocycles. The Kier molecular flexibility index (Phi) is 6.08. The lowest BCUT2D eigenvalue weighted by molar-refractivity contribution is -0.384. The number of methoxy groups -OCH3 is 1. The monoisotopic (exact) mass is 496 g/mol. The molecule has 2 N–H and O–H groups in total. The van der Waals surface area contributed by atoms with Gasteiger partial charge < -0.3 is 15.2 Å². The molecule has 0 unspecified atom stereocenters. The fourth-order valence-electron chi connectivity index (χ4n) is 3.89. The highest BCUT2D eigenvalue weighted by Gasteiger charge is 2.19. The first-order valence-electron chi connectivity index (χ1n) is 11.1. The number of aromatic nitrogens is 3. The van der Waals surface area contributed by atoms with Gasteiger partial charge in [-0.25, -0.2) is 14.2 Å². The molecule has 11 nitrogen and oxygen atoms in total. The second kappa shape index (κ2) is 9.66. The van der Waals surface area contributed by atoms with Gasteiger partial charge in [0.25, 0.3) is 5.69 Å². The Hall–Kier alpha value is -5.45. The van der Waals surface area contributed by atoms with Gasteiger partial charge in [-0.3, -0.25) is 10.1 Å². The molecule has 0 spiro atoms. The molecule has 0 fully saturated rings. The van der Waals surface area contributed by atoms with Crippen molar-refractivity contribution in [3.05, 3.63) is 101 Å². The summed E-state index contributed by atoms with van der Waals surface area (Å²) in [5.74, 6) is 1.06. The van der Waals surface area contributed by atoms with E-state index in [1.807, 2.05) is 42.5 Å². The summed E-state index contributed by atoms with van der Waals surface area (Å²) in [7, 11) is 1.59. The minimum absolute atomic E-state index is 0.122. The number of para-hydroxylation sites is 2. The first-order chi connectivity index (χ1) is 17.9. The van der Waals surface area contributed by atoms with E-state index in [1.165, 1.54) is 24.3 Å². The summed E-state index contributed by atoms with van der Waals surface area (Å²) in [6, 6.07) is 23.4. The van der Waals surface area contributed by atoms with E-state index in [1.54, 1.807) is 36.0 Å². The van der Waals surface area contributed by atoms with Crippen LogP contribution < -0.4 is 15.0 Å². The summed E-state index contributed by atoms with van der Waals surface area (Å²) in [6.45, 7) is 0. The van der Waals surface area contributed by atoms with Gasteiger partial charge in [0.05, 0.1) is 29.1 Å². The summed E-state index contributed by atoms with van der Waals surface area (Å²) >= 11 is 0. The highest BCUT2D eigenvalue weighted by Crippen LogP contribution is 2.31. The van der Waals surface area contributed by atoms with Gasteiger partial charge in [-0.1, -0.05) is 24.3 Å². The number of hydrogen-bond donors (Lipinski definition) is 2. The van der Waals surface area contributed by atoms with Crippen LogP contribution in [0.1, 0.15) is 0 Å². The van der Waals surface area contributed by atoms with Crippen molar-refractivity contribution in [2.24, 2.45) is 0 Å². The maximum Gasteiger partial charge on any atom is 0.416 e. The number of ether oxygens (including phenoxy) is 1. The van der Waals surface area contributed by atoms with Crippen LogP contribution in [0, 0.1) is 10.1 Å². The normalized spacial score (nSPS) is 10.7. The summed E-state index contributed by atoms with van der Waals surface area (Å²) in [4.78, 5) is 28.1. The molecule has 1 amide bonds. The predicted molar refractivity (Wildman–Crippen MR) is 138 cm³/mol. The second-order valence-corrected chi connectivity index (χ2v) is 7.92. The minimum atomic E-state index is -1.22. The Bertz CT molecular complexity index is 1620. The van der Waals surface area contributed by atoms with Gasteiger partial charge in [0, 0.05) is 23.9 Å². The summed E-state index contributed by atoms with van der Waals surface area (Å²) in [5.41, 5.74) is 3.44. The van der Waals surface area contributed by atoms with Crippen LogP contribution in [0.25, 0.3) is 16.8 Å². The Morgan fingerprint density at radius 3 is 2.51 bits per heavy atom. The van der Waals surface area contributed by atoms with Gasteiger partial charge >= 0.3 is 6.09 Å². The molecule has 0 atom stereocenters. The number of nitrogens with one attached hydrogen (secondary N) is 1. The van der Waals surface area contributed by atoms with Crippen LogP contribution >= 0.6 is 0 Å². The number of hydrogen-bond acceptors (Lipinski definition) is 7. The van der Waals surface area contributed by atoms with Crippen molar-refractivity contribution in [3.63, 3.8) is 0 Å². The van der Waals surface area contributed by atoms with Crippen LogP contribution in [0.3, 0.4) is 0 Å². The Balaban J connectivity index is 1.46. The first-order valence-corrected chi connectivity index (χ1v) is 11.1. The van der Waals surface area contributed by atoms with Crippen LogP contribution in [-0.2, 0) is 0 Å². The maximum atomic E-state index is 12.1. The van der Waals surface area contributed by atoms with Gasteiger partial charge in [0.1, 0.15) is 5.75 Å². The molecular weight excluding hydrogens is 476 g/mol. The average molecular weight is 496 g/mol. The van der Waals surface area contributed by atoms with E-state index in [2.05, 4.69) is 15.4 Å². The Morgan fingerprint density at radius 1 is 1.00 bits per heavy atom. The van der Waals surface area contributed by atoms with Gasteiger partial charge in [0.15, 0.2) is 5.65 Å². The lowest BCUT2D eigenvalue weighted by Gasteiger charge is -2.20. The van der Waals surface area contributed by atoms with Crippen LogP contribution in [-0.4, -0.2) is 37.8 Å².